The number of nitrogens with zero attached hydrogens (tertiary/aromatic N) is 5. The fraction of sp³-hybridized carbons (Fsp3) is 0.0909. The van der Waals surface area contributed by atoms with Crippen LogP contribution in [0, 0.1) is 17.5 Å². The third-order valence-corrected chi connectivity index (χ3v) is 6.78. The molecule has 186 valence electrons. The fourth-order valence-electron chi connectivity index (χ4n) is 3.46. The van der Waals surface area contributed by atoms with Gasteiger partial charge in [-0.15, -0.1) is 0 Å². The predicted molar refractivity (Wildman–Crippen MR) is 123 cm³/mol. The lowest BCUT2D eigenvalue weighted by Gasteiger charge is -2.21. The van der Waals surface area contributed by atoms with E-state index in [9.17, 15) is 27.1 Å². The number of sulfonamides is 1. The summed E-state index contributed by atoms with van der Waals surface area (Å²) in [5, 5.41) is 14.0. The van der Waals surface area contributed by atoms with Crippen molar-refractivity contribution in [2.75, 3.05) is 10.0 Å². The lowest BCUT2D eigenvalue weighted by molar-refractivity contribution is 0.206. The maximum atomic E-state index is 15.8. The number of aryl methyl sites for hydroxylation is 1. The number of rotatable bonds is 6. The molecule has 2 heterocycles. The number of nitrogens with two attached hydrogens (primary N) is 1. The molecule has 3 N–H and O–H groups in total. The second-order valence-electron chi connectivity index (χ2n) is 7.31. The quantitative estimate of drug-likeness (QED) is 0.391. The van der Waals surface area contributed by atoms with E-state index in [4.69, 9.17) is 5.73 Å². The van der Waals surface area contributed by atoms with Crippen LogP contribution in [0.15, 0.2) is 59.8 Å². The van der Waals surface area contributed by atoms with Crippen LogP contribution in [0.1, 0.15) is 6.92 Å². The molecule has 0 atom stereocenters. The van der Waals surface area contributed by atoms with E-state index in [1.165, 1.54) is 29.1 Å². The van der Waals surface area contributed by atoms with E-state index in [1.807, 2.05) is 0 Å². The van der Waals surface area contributed by atoms with Crippen molar-refractivity contribution in [2.24, 2.45) is 0 Å². The summed E-state index contributed by atoms with van der Waals surface area (Å²) in [6.45, 7) is 2.15. The molecule has 0 spiro atoms. The van der Waals surface area contributed by atoms with Crippen molar-refractivity contribution in [1.82, 2.24) is 19.7 Å². The van der Waals surface area contributed by atoms with Crippen LogP contribution in [-0.2, 0) is 16.6 Å². The monoisotopic (exact) mass is 518 g/mol. The maximum Gasteiger partial charge on any atom is 0.426 e. The first-order valence-electron chi connectivity index (χ1n) is 10.2. The van der Waals surface area contributed by atoms with Crippen LogP contribution in [0.2, 0.25) is 0 Å². The molecule has 14 heteroatoms. The molecule has 4 rings (SSSR count). The molecule has 0 aliphatic rings. The van der Waals surface area contributed by atoms with E-state index in [-0.39, 0.29) is 27.2 Å². The second kappa shape index (κ2) is 9.30. The van der Waals surface area contributed by atoms with Gasteiger partial charge >= 0.3 is 6.09 Å². The van der Waals surface area contributed by atoms with Gasteiger partial charge in [-0.25, -0.2) is 36.4 Å². The summed E-state index contributed by atoms with van der Waals surface area (Å²) in [6.07, 6.45) is 0.790. The average molecular weight is 518 g/mol. The van der Waals surface area contributed by atoms with Crippen LogP contribution in [-0.4, -0.2) is 39.4 Å². The highest BCUT2D eigenvalue weighted by Gasteiger charge is 2.36. The van der Waals surface area contributed by atoms with E-state index in [1.54, 1.807) is 13.1 Å². The van der Waals surface area contributed by atoms with Crippen molar-refractivity contribution >= 4 is 27.8 Å². The highest BCUT2D eigenvalue weighted by molar-refractivity contribution is 7.93. The van der Waals surface area contributed by atoms with Crippen LogP contribution in [0.3, 0.4) is 0 Å². The summed E-state index contributed by atoms with van der Waals surface area (Å²) < 4.78 is 71.0. The molecule has 1 amide bonds. The third-order valence-electron chi connectivity index (χ3n) is 5.07. The number of nitrogen functional groups attached to an aromatic ring is 1. The lowest BCUT2D eigenvalue weighted by Crippen LogP contribution is -2.37. The van der Waals surface area contributed by atoms with Crippen LogP contribution < -0.4 is 10.0 Å². The summed E-state index contributed by atoms with van der Waals surface area (Å²) in [7, 11) is -5.28. The molecule has 4 aromatic rings. The van der Waals surface area contributed by atoms with Gasteiger partial charge in [-0.05, 0) is 43.3 Å². The minimum absolute atomic E-state index is 0.00831. The van der Waals surface area contributed by atoms with Crippen molar-refractivity contribution in [1.29, 1.82) is 0 Å². The normalized spacial score (nSPS) is 11.4. The third kappa shape index (κ3) is 4.33. The number of benzene rings is 2. The van der Waals surface area contributed by atoms with Gasteiger partial charge in [0.1, 0.15) is 27.9 Å². The molecular formula is C22H17F3N6O4S. The first kappa shape index (κ1) is 24.7. The van der Waals surface area contributed by atoms with Crippen molar-refractivity contribution in [2.45, 2.75) is 18.4 Å². The van der Waals surface area contributed by atoms with Crippen molar-refractivity contribution in [3.8, 4) is 22.5 Å². The van der Waals surface area contributed by atoms with Crippen LogP contribution in [0.5, 0.6) is 0 Å². The van der Waals surface area contributed by atoms with Gasteiger partial charge in [-0.1, -0.05) is 6.07 Å². The van der Waals surface area contributed by atoms with Gasteiger partial charge in [-0.2, -0.15) is 9.40 Å². The number of hydrogen-bond donors (Lipinski definition) is 2. The average Bonchev–Trinajstić information content (AvgIpc) is 3.26. The van der Waals surface area contributed by atoms with E-state index in [0.29, 0.717) is 30.3 Å². The number of halogens is 3. The number of carboxylic acid groups (broad SMARTS) is 1. The first-order valence-corrected chi connectivity index (χ1v) is 11.7. The molecule has 0 unspecified atom stereocenters. The standard InChI is InChI=1S/C22H17F3N6O4S/c1-2-30-11-14(16-8-9-27-21(26)28-16)20(29-30)13-4-3-5-17(19(13)25)31(22(32)33)36(34,35)18-10-12(23)6-7-15(18)24/h3-11H,2H2,1H3,(H,32,33)(H2,26,27,28). The van der Waals surface area contributed by atoms with Gasteiger partial charge in [0, 0.05) is 30.1 Å². The van der Waals surface area contributed by atoms with Crippen molar-refractivity contribution in [3.05, 3.63) is 72.3 Å². The molecule has 36 heavy (non-hydrogen) atoms. The predicted octanol–water partition coefficient (Wildman–Crippen LogP) is 3.90. The Kier molecular flexibility index (Phi) is 6.37. The summed E-state index contributed by atoms with van der Waals surface area (Å²) >= 11 is 0. The Morgan fingerprint density at radius 1 is 1.14 bits per heavy atom. The van der Waals surface area contributed by atoms with Gasteiger partial charge in [0.15, 0.2) is 5.82 Å². The highest BCUT2D eigenvalue weighted by atomic mass is 32.2. The van der Waals surface area contributed by atoms with E-state index >= 15 is 4.39 Å². The Bertz CT molecular complexity index is 1590. The van der Waals surface area contributed by atoms with E-state index in [0.717, 1.165) is 6.07 Å². The van der Waals surface area contributed by atoms with Crippen LogP contribution >= 0.6 is 0 Å². The topological polar surface area (TPSA) is 144 Å². The zero-order valence-corrected chi connectivity index (χ0v) is 19.2. The molecule has 2 aromatic carbocycles. The Morgan fingerprint density at radius 3 is 2.56 bits per heavy atom. The van der Waals surface area contributed by atoms with E-state index in [2.05, 4.69) is 15.1 Å². The summed E-state index contributed by atoms with van der Waals surface area (Å²) in [5.74, 6) is -3.89. The Balaban J connectivity index is 1.93. The largest absolute Gasteiger partial charge is 0.464 e. The summed E-state index contributed by atoms with van der Waals surface area (Å²) in [5.41, 5.74) is 5.05. The number of carbonyl (C=O) groups is 1. The molecule has 0 bridgehead atoms. The molecule has 0 aliphatic heterocycles. The molecule has 2 aromatic heterocycles. The number of aromatic nitrogens is 4. The molecule has 0 fully saturated rings. The zero-order valence-electron chi connectivity index (χ0n) is 18.4. The van der Waals surface area contributed by atoms with Gasteiger partial charge in [-0.3, -0.25) is 4.68 Å². The summed E-state index contributed by atoms with van der Waals surface area (Å²) in [6, 6.07) is 6.32. The lowest BCUT2D eigenvalue weighted by atomic mass is 10.0. The van der Waals surface area contributed by atoms with Gasteiger partial charge in [0.25, 0.3) is 10.0 Å². The number of hydrogen-bond acceptors (Lipinski definition) is 7. The SMILES string of the molecule is CCn1cc(-c2ccnc(N)n2)c(-c2cccc(N(C(=O)O)S(=O)(=O)c3cc(F)ccc3F)c2F)n1. The van der Waals surface area contributed by atoms with Crippen LogP contribution in [0.4, 0.5) is 29.6 Å². The second-order valence-corrected chi connectivity index (χ2v) is 9.07. The molecular weight excluding hydrogens is 501 g/mol. The zero-order chi connectivity index (χ0) is 26.2. The fourth-order valence-corrected chi connectivity index (χ4v) is 4.84. The maximum absolute atomic E-state index is 15.8. The Hall–Kier alpha value is -4.46. The molecule has 10 nitrogen and oxygen atoms in total. The van der Waals surface area contributed by atoms with Gasteiger partial charge in [0.2, 0.25) is 5.95 Å². The molecule has 0 saturated carbocycles. The first-order chi connectivity index (χ1) is 17.0. The highest BCUT2D eigenvalue weighted by Crippen LogP contribution is 2.37. The minimum atomic E-state index is -5.28. The van der Waals surface area contributed by atoms with E-state index < -0.39 is 44.2 Å². The smallest absolute Gasteiger partial charge is 0.426 e. The molecule has 0 saturated heterocycles. The number of amides is 1. The van der Waals surface area contributed by atoms with Gasteiger partial charge in [0.05, 0.1) is 5.69 Å². The Labute approximate surface area is 202 Å². The summed E-state index contributed by atoms with van der Waals surface area (Å²) in [4.78, 5) is 18.6. The Morgan fingerprint density at radius 2 is 1.89 bits per heavy atom. The van der Waals surface area contributed by atoms with Gasteiger partial charge < -0.3 is 10.8 Å². The van der Waals surface area contributed by atoms with Crippen molar-refractivity contribution in [3.63, 3.8) is 0 Å². The number of anilines is 2. The van der Waals surface area contributed by atoms with Crippen LogP contribution in [0.25, 0.3) is 22.5 Å². The molecule has 0 aliphatic carbocycles. The molecule has 0 radical (unpaired) electrons. The minimum Gasteiger partial charge on any atom is -0.464 e. The van der Waals surface area contributed by atoms with Crippen molar-refractivity contribution < 1.29 is 31.5 Å².